The molecule has 7 nitrogen and oxygen atoms in total. The molecule has 0 aliphatic heterocycles. The number of H-pyrrole nitrogens is 1. The van der Waals surface area contributed by atoms with E-state index in [1.807, 2.05) is 13.8 Å². The molecule has 0 aromatic carbocycles. The van der Waals surface area contributed by atoms with E-state index in [4.69, 9.17) is 0 Å². The number of nitrogens with one attached hydrogen (secondary N) is 2. The molecule has 1 amide bonds. The first kappa shape index (κ1) is 15.3. The second kappa shape index (κ2) is 8.34. The lowest BCUT2D eigenvalue weighted by Gasteiger charge is -2.18. The quantitative estimate of drug-likeness (QED) is 0.639. The van der Waals surface area contributed by atoms with Gasteiger partial charge in [-0.25, -0.2) is 0 Å². The van der Waals surface area contributed by atoms with Crippen molar-refractivity contribution in [3.8, 4) is 0 Å². The van der Waals surface area contributed by atoms with Gasteiger partial charge < -0.3 is 10.1 Å². The summed E-state index contributed by atoms with van der Waals surface area (Å²) in [6.07, 6.45) is 4.56. The Morgan fingerprint density at radius 3 is 2.53 bits per heavy atom. The van der Waals surface area contributed by atoms with E-state index in [-0.39, 0.29) is 18.2 Å². The normalized spacial score (nSPS) is 12.4. The molecule has 1 atom stereocenters. The minimum Gasteiger partial charge on any atom is -0.346 e. The predicted octanol–water partition coefficient (Wildman–Crippen LogP) is 0.642. The molecule has 0 saturated heterocycles. The maximum atomic E-state index is 12.1. The molecule has 7 heteroatoms. The lowest BCUT2D eigenvalue weighted by Crippen LogP contribution is -2.41. The van der Waals surface area contributed by atoms with Gasteiger partial charge in [0.15, 0.2) is 5.82 Å². The van der Waals surface area contributed by atoms with Crippen LogP contribution in [0, 0.1) is 5.92 Å². The average Bonchev–Trinajstić information content (AvgIpc) is 2.90. The van der Waals surface area contributed by atoms with E-state index in [2.05, 4.69) is 25.9 Å². The summed E-state index contributed by atoms with van der Waals surface area (Å²) in [6, 6.07) is -0.596. The SMILES string of the molecule is CCCC(CCC)C(=O)NC(C=O)Cc1nn[nH]n1. The van der Waals surface area contributed by atoms with Crippen molar-refractivity contribution in [1.29, 1.82) is 0 Å². The highest BCUT2D eigenvalue weighted by molar-refractivity contribution is 5.81. The van der Waals surface area contributed by atoms with Crippen molar-refractivity contribution in [2.24, 2.45) is 5.92 Å². The lowest BCUT2D eigenvalue weighted by atomic mass is 9.97. The molecular weight excluding hydrogens is 246 g/mol. The van der Waals surface area contributed by atoms with Crippen LogP contribution in [0.2, 0.25) is 0 Å². The topological polar surface area (TPSA) is 101 Å². The molecule has 0 bridgehead atoms. The highest BCUT2D eigenvalue weighted by Crippen LogP contribution is 2.13. The van der Waals surface area contributed by atoms with E-state index < -0.39 is 6.04 Å². The molecular formula is C12H21N5O2. The van der Waals surface area contributed by atoms with Crippen molar-refractivity contribution in [3.05, 3.63) is 5.82 Å². The van der Waals surface area contributed by atoms with E-state index in [1.165, 1.54) is 0 Å². The molecule has 1 aromatic rings. The van der Waals surface area contributed by atoms with Crippen LogP contribution in [-0.4, -0.2) is 38.9 Å². The Kier molecular flexibility index (Phi) is 6.70. The molecule has 1 rings (SSSR count). The number of aromatic amines is 1. The van der Waals surface area contributed by atoms with Crippen LogP contribution >= 0.6 is 0 Å². The van der Waals surface area contributed by atoms with Gasteiger partial charge in [0, 0.05) is 12.3 Å². The summed E-state index contributed by atoms with van der Waals surface area (Å²) in [5.74, 6) is 0.326. The standard InChI is InChI=1S/C12H21N5O2/c1-3-5-9(6-4-2)12(19)13-10(8-18)7-11-14-16-17-15-11/h8-10H,3-7H2,1-2H3,(H,13,19)(H,14,15,16,17). The highest BCUT2D eigenvalue weighted by atomic mass is 16.2. The van der Waals surface area contributed by atoms with Crippen molar-refractivity contribution in [3.63, 3.8) is 0 Å². The number of tetrazole rings is 1. The first-order chi connectivity index (χ1) is 9.21. The highest BCUT2D eigenvalue weighted by Gasteiger charge is 2.20. The van der Waals surface area contributed by atoms with Gasteiger partial charge in [0.1, 0.15) is 6.29 Å². The molecule has 0 aliphatic carbocycles. The van der Waals surface area contributed by atoms with E-state index in [1.54, 1.807) is 0 Å². The first-order valence-corrected chi connectivity index (χ1v) is 6.69. The average molecular weight is 267 g/mol. The number of carbonyl (C=O) groups excluding carboxylic acids is 2. The second-order valence-electron chi connectivity index (χ2n) is 4.56. The van der Waals surface area contributed by atoms with Gasteiger partial charge in [0.2, 0.25) is 5.91 Å². The summed E-state index contributed by atoms with van der Waals surface area (Å²) in [4.78, 5) is 23.1. The Bertz CT molecular complexity index is 373. The largest absolute Gasteiger partial charge is 0.346 e. The summed E-state index contributed by atoms with van der Waals surface area (Å²) in [6.45, 7) is 4.10. The zero-order valence-corrected chi connectivity index (χ0v) is 11.4. The number of rotatable bonds is 9. The summed E-state index contributed by atoms with van der Waals surface area (Å²) >= 11 is 0. The lowest BCUT2D eigenvalue weighted by molar-refractivity contribution is -0.127. The summed E-state index contributed by atoms with van der Waals surface area (Å²) in [7, 11) is 0. The third-order valence-corrected chi connectivity index (χ3v) is 2.93. The van der Waals surface area contributed by atoms with E-state index >= 15 is 0 Å². The van der Waals surface area contributed by atoms with E-state index in [9.17, 15) is 9.59 Å². The van der Waals surface area contributed by atoms with Gasteiger partial charge in [0.25, 0.3) is 0 Å². The minimum absolute atomic E-state index is 0.0253. The summed E-state index contributed by atoms with van der Waals surface area (Å²) < 4.78 is 0. The number of amides is 1. The molecule has 0 aliphatic rings. The van der Waals surface area contributed by atoms with Crippen LogP contribution in [0.4, 0.5) is 0 Å². The number of aromatic nitrogens is 4. The van der Waals surface area contributed by atoms with Crippen molar-refractivity contribution >= 4 is 12.2 Å². The third kappa shape index (κ3) is 5.15. The number of aldehydes is 1. The Labute approximate surface area is 112 Å². The molecule has 0 radical (unpaired) electrons. The van der Waals surface area contributed by atoms with Crippen LogP contribution < -0.4 is 5.32 Å². The van der Waals surface area contributed by atoms with Gasteiger partial charge in [0.05, 0.1) is 6.04 Å². The van der Waals surface area contributed by atoms with E-state index in [0.717, 1.165) is 25.7 Å². The number of nitrogens with zero attached hydrogens (tertiary/aromatic N) is 3. The Hall–Kier alpha value is -1.79. The fraction of sp³-hybridized carbons (Fsp3) is 0.750. The molecule has 0 fully saturated rings. The van der Waals surface area contributed by atoms with Gasteiger partial charge in [-0.1, -0.05) is 31.9 Å². The molecule has 1 unspecified atom stereocenters. The van der Waals surface area contributed by atoms with Crippen LogP contribution in [0.3, 0.4) is 0 Å². The van der Waals surface area contributed by atoms with Crippen LogP contribution in [0.5, 0.6) is 0 Å². The molecule has 19 heavy (non-hydrogen) atoms. The number of carbonyl (C=O) groups is 2. The van der Waals surface area contributed by atoms with Gasteiger partial charge in [-0.3, -0.25) is 4.79 Å². The Morgan fingerprint density at radius 1 is 1.37 bits per heavy atom. The van der Waals surface area contributed by atoms with Crippen LogP contribution in [0.25, 0.3) is 0 Å². The summed E-state index contributed by atoms with van der Waals surface area (Å²) in [5.41, 5.74) is 0. The van der Waals surface area contributed by atoms with Crippen LogP contribution in [0.1, 0.15) is 45.4 Å². The molecule has 0 spiro atoms. The maximum absolute atomic E-state index is 12.1. The van der Waals surface area contributed by atoms with Crippen molar-refractivity contribution < 1.29 is 9.59 Å². The fourth-order valence-electron chi connectivity index (χ4n) is 2.00. The fourth-order valence-corrected chi connectivity index (χ4v) is 2.00. The van der Waals surface area contributed by atoms with Crippen molar-refractivity contribution in [1.82, 2.24) is 25.9 Å². The molecule has 1 aromatic heterocycles. The van der Waals surface area contributed by atoms with E-state index in [0.29, 0.717) is 12.1 Å². The zero-order chi connectivity index (χ0) is 14.1. The van der Waals surface area contributed by atoms with Crippen molar-refractivity contribution in [2.45, 2.75) is 52.0 Å². The third-order valence-electron chi connectivity index (χ3n) is 2.93. The molecule has 106 valence electrons. The van der Waals surface area contributed by atoms with Gasteiger partial charge in [-0.15, -0.1) is 10.2 Å². The second-order valence-corrected chi connectivity index (χ2v) is 4.56. The van der Waals surface area contributed by atoms with Gasteiger partial charge in [-0.05, 0) is 12.8 Å². The van der Waals surface area contributed by atoms with Gasteiger partial charge in [-0.2, -0.15) is 5.21 Å². The number of hydrogen-bond donors (Lipinski definition) is 2. The Morgan fingerprint density at radius 2 is 2.05 bits per heavy atom. The first-order valence-electron chi connectivity index (χ1n) is 6.69. The van der Waals surface area contributed by atoms with Gasteiger partial charge >= 0.3 is 0 Å². The zero-order valence-electron chi connectivity index (χ0n) is 11.4. The Balaban J connectivity index is 2.53. The smallest absolute Gasteiger partial charge is 0.223 e. The van der Waals surface area contributed by atoms with Crippen molar-refractivity contribution in [2.75, 3.05) is 0 Å². The predicted molar refractivity (Wildman–Crippen MR) is 69.2 cm³/mol. The maximum Gasteiger partial charge on any atom is 0.223 e. The monoisotopic (exact) mass is 267 g/mol. The number of hydrogen-bond acceptors (Lipinski definition) is 5. The van der Waals surface area contributed by atoms with Crippen LogP contribution in [0.15, 0.2) is 0 Å². The molecule has 2 N–H and O–H groups in total. The molecule has 0 saturated carbocycles. The minimum atomic E-state index is -0.596. The summed E-state index contributed by atoms with van der Waals surface area (Å²) in [5, 5.41) is 16.0. The van der Waals surface area contributed by atoms with Crippen LogP contribution in [-0.2, 0) is 16.0 Å². The molecule has 1 heterocycles.